The van der Waals surface area contributed by atoms with Gasteiger partial charge in [0.25, 0.3) is 0 Å². The summed E-state index contributed by atoms with van der Waals surface area (Å²) in [4.78, 5) is 0. The van der Waals surface area contributed by atoms with Gasteiger partial charge in [-0.15, -0.1) is 0 Å². The Morgan fingerprint density at radius 1 is 1.31 bits per heavy atom. The molecule has 1 aliphatic rings. The third-order valence-electron chi connectivity index (χ3n) is 4.31. The number of aliphatic hydroxyl groups excluding tert-OH is 1. The number of nitrogens with zero attached hydrogens (tertiary/aromatic N) is 1. The van der Waals surface area contributed by atoms with Crippen molar-refractivity contribution in [1.82, 2.24) is 4.57 Å². The number of ether oxygens (including phenoxy) is 2. The van der Waals surface area contributed by atoms with Gasteiger partial charge in [0.2, 0.25) is 6.79 Å². The molecule has 1 aromatic heterocycles. The quantitative estimate of drug-likeness (QED) is 0.772. The van der Waals surface area contributed by atoms with Gasteiger partial charge < -0.3 is 19.1 Å². The van der Waals surface area contributed by atoms with Crippen LogP contribution < -0.4 is 9.47 Å². The second-order valence-electron chi connectivity index (χ2n) is 6.15. The predicted octanol–water partition coefficient (Wildman–Crippen LogP) is 3.98. The summed E-state index contributed by atoms with van der Waals surface area (Å²) in [6.07, 6.45) is 0. The van der Waals surface area contributed by atoms with Crippen molar-refractivity contribution in [2.75, 3.05) is 6.79 Å². The van der Waals surface area contributed by atoms with Crippen LogP contribution in [0.25, 0.3) is 5.76 Å². The van der Waals surface area contributed by atoms with E-state index in [2.05, 4.69) is 0 Å². The van der Waals surface area contributed by atoms with E-state index >= 15 is 0 Å². The minimum absolute atomic E-state index is 0.0546. The van der Waals surface area contributed by atoms with Crippen molar-refractivity contribution in [1.29, 1.82) is 0 Å². The topological polar surface area (TPSA) is 77.8 Å². The highest BCUT2D eigenvalue weighted by molar-refractivity contribution is 7.93. The standard InChI is InChI=1S/C18H20ClNO5S/c1-4-20-11(2)5-14(12(20)3)16(21)9-26(22,23)8-13-6-15(19)18-17(7-13)24-10-25-18/h5-7,9,21H,4,8,10H2,1-3H3. The maximum Gasteiger partial charge on any atom is 0.231 e. The molecule has 26 heavy (non-hydrogen) atoms. The number of aromatic nitrogens is 1. The van der Waals surface area contributed by atoms with E-state index in [0.29, 0.717) is 27.6 Å². The van der Waals surface area contributed by atoms with E-state index < -0.39 is 9.84 Å². The van der Waals surface area contributed by atoms with Gasteiger partial charge in [-0.2, -0.15) is 0 Å². The van der Waals surface area contributed by atoms with Crippen LogP contribution >= 0.6 is 11.6 Å². The van der Waals surface area contributed by atoms with E-state index in [1.807, 2.05) is 25.3 Å². The van der Waals surface area contributed by atoms with Crippen LogP contribution in [0.4, 0.5) is 0 Å². The SMILES string of the molecule is CCn1c(C)cc(C(O)=CS(=O)(=O)Cc2cc(Cl)c3c(c2)OCO3)c1C. The second kappa shape index (κ2) is 6.89. The zero-order valence-corrected chi connectivity index (χ0v) is 16.3. The first-order valence-electron chi connectivity index (χ1n) is 8.10. The van der Waals surface area contributed by atoms with E-state index in [9.17, 15) is 13.5 Å². The van der Waals surface area contributed by atoms with Crippen molar-refractivity contribution in [3.63, 3.8) is 0 Å². The summed E-state index contributed by atoms with van der Waals surface area (Å²) in [7, 11) is -3.72. The van der Waals surface area contributed by atoms with Gasteiger partial charge in [0.1, 0.15) is 5.76 Å². The number of halogens is 1. The highest BCUT2D eigenvalue weighted by Gasteiger charge is 2.21. The van der Waals surface area contributed by atoms with Crippen molar-refractivity contribution < 1.29 is 23.0 Å². The molecule has 0 aliphatic carbocycles. The Morgan fingerprint density at radius 2 is 2.04 bits per heavy atom. The number of sulfone groups is 1. The van der Waals surface area contributed by atoms with Gasteiger partial charge in [-0.3, -0.25) is 0 Å². The number of rotatable bonds is 5. The van der Waals surface area contributed by atoms with E-state index in [0.717, 1.165) is 23.3 Å². The van der Waals surface area contributed by atoms with Crippen LogP contribution in [0.2, 0.25) is 5.02 Å². The maximum absolute atomic E-state index is 12.5. The molecule has 0 radical (unpaired) electrons. The van der Waals surface area contributed by atoms with Gasteiger partial charge in [0, 0.05) is 23.5 Å². The molecule has 0 unspecified atom stereocenters. The Kier molecular flexibility index (Phi) is 4.94. The molecule has 0 saturated heterocycles. The lowest BCUT2D eigenvalue weighted by atomic mass is 10.2. The predicted molar refractivity (Wildman–Crippen MR) is 100 cm³/mol. The van der Waals surface area contributed by atoms with Crippen molar-refractivity contribution in [2.45, 2.75) is 33.1 Å². The molecule has 3 rings (SSSR count). The van der Waals surface area contributed by atoms with Crippen molar-refractivity contribution in [3.8, 4) is 11.5 Å². The Labute approximate surface area is 157 Å². The van der Waals surface area contributed by atoms with Crippen molar-refractivity contribution >= 4 is 27.2 Å². The fraction of sp³-hybridized carbons (Fsp3) is 0.333. The van der Waals surface area contributed by atoms with Gasteiger partial charge in [0.05, 0.1) is 16.2 Å². The molecule has 1 N–H and O–H groups in total. The zero-order chi connectivity index (χ0) is 19.1. The van der Waals surface area contributed by atoms with Crippen molar-refractivity contribution in [3.05, 3.63) is 51.1 Å². The Balaban J connectivity index is 1.89. The number of aliphatic hydroxyl groups is 1. The molecule has 1 aliphatic heterocycles. The average Bonchev–Trinajstić information content (AvgIpc) is 3.11. The molecule has 8 heteroatoms. The zero-order valence-electron chi connectivity index (χ0n) is 14.7. The van der Waals surface area contributed by atoms with Crippen LogP contribution in [-0.4, -0.2) is 24.9 Å². The molecule has 2 heterocycles. The molecular formula is C18H20ClNO5S. The first-order valence-corrected chi connectivity index (χ1v) is 10.2. The lowest BCUT2D eigenvalue weighted by molar-refractivity contribution is 0.174. The summed E-state index contributed by atoms with van der Waals surface area (Å²) in [5.41, 5.74) is 2.75. The first kappa shape index (κ1) is 18.7. The molecule has 0 fully saturated rings. The summed E-state index contributed by atoms with van der Waals surface area (Å²) in [6, 6.07) is 4.89. The van der Waals surface area contributed by atoms with Crippen LogP contribution in [-0.2, 0) is 22.1 Å². The van der Waals surface area contributed by atoms with E-state index in [4.69, 9.17) is 21.1 Å². The van der Waals surface area contributed by atoms with E-state index in [-0.39, 0.29) is 18.3 Å². The van der Waals surface area contributed by atoms with Gasteiger partial charge >= 0.3 is 0 Å². The van der Waals surface area contributed by atoms with E-state index in [1.165, 1.54) is 6.07 Å². The third kappa shape index (κ3) is 3.54. The van der Waals surface area contributed by atoms with Crippen LogP contribution in [0.15, 0.2) is 23.6 Å². The fourth-order valence-electron chi connectivity index (χ4n) is 3.16. The van der Waals surface area contributed by atoms with Crippen LogP contribution in [0.5, 0.6) is 11.5 Å². The Bertz CT molecular complexity index is 991. The number of hydrogen-bond acceptors (Lipinski definition) is 5. The normalized spacial score (nSPS) is 14.1. The van der Waals surface area contributed by atoms with Crippen LogP contribution in [0, 0.1) is 13.8 Å². The van der Waals surface area contributed by atoms with Crippen molar-refractivity contribution in [2.24, 2.45) is 0 Å². The Hall–Kier alpha value is -2.12. The summed E-state index contributed by atoms with van der Waals surface area (Å²) < 4.78 is 37.5. The monoisotopic (exact) mass is 397 g/mol. The lowest BCUT2D eigenvalue weighted by Crippen LogP contribution is -2.03. The molecular weight excluding hydrogens is 378 g/mol. The third-order valence-corrected chi connectivity index (χ3v) is 5.91. The molecule has 0 spiro atoms. The van der Waals surface area contributed by atoms with Gasteiger partial charge in [-0.1, -0.05) is 11.6 Å². The number of aryl methyl sites for hydroxylation is 1. The number of benzene rings is 1. The largest absolute Gasteiger partial charge is 0.507 e. The maximum atomic E-state index is 12.5. The molecule has 2 aromatic rings. The van der Waals surface area contributed by atoms with Gasteiger partial charge in [-0.05, 0) is 44.5 Å². The van der Waals surface area contributed by atoms with Gasteiger partial charge in [-0.25, -0.2) is 8.42 Å². The number of fused-ring (bicyclic) bond motifs is 1. The number of hydrogen-bond donors (Lipinski definition) is 1. The molecule has 140 valence electrons. The van der Waals surface area contributed by atoms with Crippen LogP contribution in [0.1, 0.15) is 29.4 Å². The molecule has 0 atom stereocenters. The summed E-state index contributed by atoms with van der Waals surface area (Å²) >= 11 is 6.09. The minimum Gasteiger partial charge on any atom is -0.507 e. The molecule has 0 bridgehead atoms. The van der Waals surface area contributed by atoms with Crippen LogP contribution in [0.3, 0.4) is 0 Å². The summed E-state index contributed by atoms with van der Waals surface area (Å²) in [5, 5.41) is 11.5. The van der Waals surface area contributed by atoms with Gasteiger partial charge in [0.15, 0.2) is 21.3 Å². The molecule has 1 aromatic carbocycles. The fourth-order valence-corrected chi connectivity index (χ4v) is 4.63. The molecule has 0 saturated carbocycles. The van der Waals surface area contributed by atoms with E-state index in [1.54, 1.807) is 12.1 Å². The second-order valence-corrected chi connectivity index (χ2v) is 8.41. The molecule has 6 nitrogen and oxygen atoms in total. The average molecular weight is 398 g/mol. The smallest absolute Gasteiger partial charge is 0.231 e. The Morgan fingerprint density at radius 3 is 2.69 bits per heavy atom. The minimum atomic E-state index is -3.72. The molecule has 0 amide bonds. The summed E-state index contributed by atoms with van der Waals surface area (Å²) in [6.45, 7) is 6.55. The highest BCUT2D eigenvalue weighted by atomic mass is 35.5. The highest BCUT2D eigenvalue weighted by Crippen LogP contribution is 2.40. The first-order chi connectivity index (χ1) is 12.2. The summed E-state index contributed by atoms with van der Waals surface area (Å²) in [5.74, 6) is 0.255. The lowest BCUT2D eigenvalue weighted by Gasteiger charge is -2.07.